The van der Waals surface area contributed by atoms with Gasteiger partial charge in [0.2, 0.25) is 0 Å². The third-order valence-electron chi connectivity index (χ3n) is 2.49. The lowest BCUT2D eigenvalue weighted by atomic mass is 10.1. The fourth-order valence-electron chi connectivity index (χ4n) is 1.54. The van der Waals surface area contributed by atoms with Crippen molar-refractivity contribution in [3.63, 3.8) is 0 Å². The Morgan fingerprint density at radius 3 is 2.61 bits per heavy atom. The van der Waals surface area contributed by atoms with Gasteiger partial charge in [-0.15, -0.1) is 0 Å². The van der Waals surface area contributed by atoms with E-state index in [4.69, 9.17) is 16.7 Å². The van der Waals surface area contributed by atoms with Gasteiger partial charge in [0, 0.05) is 24.8 Å². The fourth-order valence-corrected chi connectivity index (χ4v) is 1.79. The minimum Gasteiger partial charge on any atom is -0.481 e. The zero-order chi connectivity index (χ0) is 13.9. The Labute approximate surface area is 110 Å². The van der Waals surface area contributed by atoms with Gasteiger partial charge in [-0.2, -0.15) is 0 Å². The number of hydrogen-bond donors (Lipinski definition) is 1. The van der Waals surface area contributed by atoms with Crippen molar-refractivity contribution >= 4 is 23.5 Å². The molecule has 1 aromatic heterocycles. The summed E-state index contributed by atoms with van der Waals surface area (Å²) in [6, 6.07) is 3.09. The van der Waals surface area contributed by atoms with Crippen molar-refractivity contribution in [1.29, 1.82) is 0 Å². The summed E-state index contributed by atoms with van der Waals surface area (Å²) in [5.41, 5.74) is 1.05. The van der Waals surface area contributed by atoms with Gasteiger partial charge in [0.25, 0.3) is 5.91 Å². The predicted molar refractivity (Wildman–Crippen MR) is 67.7 cm³/mol. The summed E-state index contributed by atoms with van der Waals surface area (Å²) in [6.07, 6.45) is 0. The second kappa shape index (κ2) is 5.82. The van der Waals surface area contributed by atoms with E-state index < -0.39 is 11.9 Å². The lowest BCUT2D eigenvalue weighted by Gasteiger charge is -2.19. The summed E-state index contributed by atoms with van der Waals surface area (Å²) in [4.78, 5) is 28.1. The van der Waals surface area contributed by atoms with Crippen LogP contribution in [-0.2, 0) is 4.79 Å². The van der Waals surface area contributed by atoms with Crippen molar-refractivity contribution in [3.05, 3.63) is 28.5 Å². The summed E-state index contributed by atoms with van der Waals surface area (Å²) in [5, 5.41) is 9.05. The van der Waals surface area contributed by atoms with E-state index >= 15 is 0 Å². The van der Waals surface area contributed by atoms with Crippen LogP contribution in [0.3, 0.4) is 0 Å². The molecular formula is C12H15ClN2O3. The first-order valence-electron chi connectivity index (χ1n) is 5.43. The number of aromatic nitrogens is 1. The number of halogens is 1. The second-order valence-electron chi connectivity index (χ2n) is 4.24. The number of amides is 1. The molecule has 1 aromatic rings. The average Bonchev–Trinajstić information content (AvgIpc) is 2.26. The molecule has 1 unspecified atom stereocenters. The smallest absolute Gasteiger partial charge is 0.308 e. The first-order valence-corrected chi connectivity index (χ1v) is 5.81. The van der Waals surface area contributed by atoms with Crippen LogP contribution in [0.5, 0.6) is 0 Å². The lowest BCUT2D eigenvalue weighted by Crippen LogP contribution is -2.33. The van der Waals surface area contributed by atoms with Crippen molar-refractivity contribution in [2.75, 3.05) is 13.6 Å². The van der Waals surface area contributed by atoms with Gasteiger partial charge in [-0.1, -0.05) is 18.5 Å². The van der Waals surface area contributed by atoms with E-state index in [0.717, 1.165) is 0 Å². The summed E-state index contributed by atoms with van der Waals surface area (Å²) in [7, 11) is 1.56. The Bertz CT molecular complexity index is 456. The Balaban J connectivity index is 2.83. The molecule has 1 rings (SSSR count). The normalized spacial score (nSPS) is 12.0. The average molecular weight is 271 g/mol. The molecule has 0 aliphatic carbocycles. The number of aliphatic carboxylic acids is 1. The molecule has 0 aliphatic rings. The van der Waals surface area contributed by atoms with Crippen molar-refractivity contribution in [2.24, 2.45) is 5.92 Å². The fraction of sp³-hybridized carbons (Fsp3) is 0.417. The zero-order valence-corrected chi connectivity index (χ0v) is 11.2. The van der Waals surface area contributed by atoms with E-state index in [1.54, 1.807) is 27.0 Å². The van der Waals surface area contributed by atoms with Gasteiger partial charge < -0.3 is 10.0 Å². The van der Waals surface area contributed by atoms with Crippen LogP contribution in [0.15, 0.2) is 12.1 Å². The Kier molecular flexibility index (Phi) is 4.67. The van der Waals surface area contributed by atoms with E-state index in [9.17, 15) is 9.59 Å². The molecule has 1 heterocycles. The second-order valence-corrected chi connectivity index (χ2v) is 4.63. The van der Waals surface area contributed by atoms with Gasteiger partial charge in [-0.3, -0.25) is 9.59 Å². The molecular weight excluding hydrogens is 256 g/mol. The minimum absolute atomic E-state index is 0.146. The molecule has 0 bridgehead atoms. The standard InChI is InChI=1S/C12H15ClN2O3/c1-7(12(17)18)6-15(3)11(16)9-4-8(2)14-10(13)5-9/h4-5,7H,6H2,1-3H3,(H,17,18). The molecule has 0 radical (unpaired) electrons. The number of nitrogens with zero attached hydrogens (tertiary/aromatic N) is 2. The topological polar surface area (TPSA) is 70.5 Å². The Morgan fingerprint density at radius 2 is 2.11 bits per heavy atom. The monoisotopic (exact) mass is 270 g/mol. The third-order valence-corrected chi connectivity index (χ3v) is 2.68. The van der Waals surface area contributed by atoms with Gasteiger partial charge >= 0.3 is 5.97 Å². The molecule has 0 aliphatic heterocycles. The van der Waals surface area contributed by atoms with E-state index in [1.807, 2.05) is 0 Å². The molecule has 0 aromatic carbocycles. The highest BCUT2D eigenvalue weighted by Crippen LogP contribution is 2.13. The van der Waals surface area contributed by atoms with E-state index in [0.29, 0.717) is 11.3 Å². The number of hydrogen-bond acceptors (Lipinski definition) is 3. The maximum absolute atomic E-state index is 12.1. The zero-order valence-electron chi connectivity index (χ0n) is 10.5. The van der Waals surface area contributed by atoms with Gasteiger partial charge in [0.05, 0.1) is 5.92 Å². The van der Waals surface area contributed by atoms with Crippen molar-refractivity contribution < 1.29 is 14.7 Å². The number of pyridine rings is 1. The third kappa shape index (κ3) is 3.70. The molecule has 5 nitrogen and oxygen atoms in total. The van der Waals surface area contributed by atoms with Gasteiger partial charge in [0.1, 0.15) is 5.15 Å². The van der Waals surface area contributed by atoms with Crippen molar-refractivity contribution in [3.8, 4) is 0 Å². The highest BCUT2D eigenvalue weighted by atomic mass is 35.5. The molecule has 0 fully saturated rings. The summed E-state index contributed by atoms with van der Waals surface area (Å²) in [6.45, 7) is 3.44. The maximum atomic E-state index is 12.1. The van der Waals surface area contributed by atoms with Crippen LogP contribution >= 0.6 is 11.6 Å². The molecule has 1 N–H and O–H groups in total. The van der Waals surface area contributed by atoms with E-state index in [2.05, 4.69) is 4.98 Å². The number of aryl methyl sites for hydroxylation is 1. The Morgan fingerprint density at radius 1 is 1.50 bits per heavy atom. The van der Waals surface area contributed by atoms with Crippen molar-refractivity contribution in [1.82, 2.24) is 9.88 Å². The van der Waals surface area contributed by atoms with E-state index in [1.165, 1.54) is 11.0 Å². The van der Waals surface area contributed by atoms with E-state index in [-0.39, 0.29) is 17.6 Å². The van der Waals surface area contributed by atoms with Crippen molar-refractivity contribution in [2.45, 2.75) is 13.8 Å². The van der Waals surface area contributed by atoms with Crippen LogP contribution < -0.4 is 0 Å². The summed E-state index contributed by atoms with van der Waals surface area (Å²) < 4.78 is 0. The quantitative estimate of drug-likeness (QED) is 0.848. The van der Waals surface area contributed by atoms with Crippen LogP contribution in [0.1, 0.15) is 23.0 Å². The summed E-state index contributed by atoms with van der Waals surface area (Å²) >= 11 is 5.78. The molecule has 98 valence electrons. The largest absolute Gasteiger partial charge is 0.481 e. The number of carboxylic acid groups (broad SMARTS) is 1. The number of carboxylic acids is 1. The molecule has 1 atom stereocenters. The van der Waals surface area contributed by atoms with Gasteiger partial charge in [-0.05, 0) is 19.1 Å². The molecule has 6 heteroatoms. The molecule has 0 saturated heterocycles. The molecule has 0 saturated carbocycles. The first-order chi connectivity index (χ1) is 8.31. The number of rotatable bonds is 4. The Hall–Kier alpha value is -1.62. The van der Waals surface area contributed by atoms with Crippen LogP contribution in [0, 0.1) is 12.8 Å². The van der Waals surface area contributed by atoms with Gasteiger partial charge in [0.15, 0.2) is 0 Å². The molecule has 18 heavy (non-hydrogen) atoms. The predicted octanol–water partition coefficient (Wildman–Crippen LogP) is 1.84. The highest BCUT2D eigenvalue weighted by Gasteiger charge is 2.19. The first kappa shape index (κ1) is 14.4. The SMILES string of the molecule is Cc1cc(C(=O)N(C)CC(C)C(=O)O)cc(Cl)n1. The van der Waals surface area contributed by atoms with Crippen LogP contribution in [-0.4, -0.2) is 40.5 Å². The van der Waals surface area contributed by atoms with Crippen LogP contribution in [0.4, 0.5) is 0 Å². The number of carbonyl (C=O) groups excluding carboxylic acids is 1. The molecule has 0 spiro atoms. The maximum Gasteiger partial charge on any atom is 0.308 e. The van der Waals surface area contributed by atoms with Crippen LogP contribution in [0.25, 0.3) is 0 Å². The highest BCUT2D eigenvalue weighted by molar-refractivity contribution is 6.29. The lowest BCUT2D eigenvalue weighted by molar-refractivity contribution is -0.141. The molecule has 1 amide bonds. The van der Waals surface area contributed by atoms with Gasteiger partial charge in [-0.25, -0.2) is 4.98 Å². The van der Waals surface area contributed by atoms with Crippen LogP contribution in [0.2, 0.25) is 5.15 Å². The summed E-state index contributed by atoms with van der Waals surface area (Å²) in [5.74, 6) is -1.81. The number of carbonyl (C=O) groups is 2. The minimum atomic E-state index is -0.932.